The van der Waals surface area contributed by atoms with Crippen molar-refractivity contribution < 1.29 is 18.0 Å². The third kappa shape index (κ3) is 5.07. The number of nitrogen functional groups attached to an aromatic ring is 1. The van der Waals surface area contributed by atoms with Gasteiger partial charge in [-0.05, 0) is 24.6 Å². The lowest BCUT2D eigenvalue weighted by Crippen LogP contribution is -2.44. The van der Waals surface area contributed by atoms with Gasteiger partial charge < -0.3 is 16.4 Å². The summed E-state index contributed by atoms with van der Waals surface area (Å²) in [5, 5.41) is -1.24. The average molecular weight is 313 g/mol. The van der Waals surface area contributed by atoms with E-state index in [-0.39, 0.29) is 13.1 Å². The zero-order chi connectivity index (χ0) is 16.2. The number of hydrogen-bond acceptors (Lipinski definition) is 5. The summed E-state index contributed by atoms with van der Waals surface area (Å²) < 4.78 is 23.0. The Morgan fingerprint density at radius 3 is 2.43 bits per heavy atom. The molecule has 1 rings (SSSR count). The normalized spacial score (nSPS) is 12.7. The second-order valence-electron chi connectivity index (χ2n) is 4.88. The van der Waals surface area contributed by atoms with E-state index < -0.39 is 26.9 Å². The summed E-state index contributed by atoms with van der Waals surface area (Å²) in [6.45, 7) is 0.991. The number of nitrogens with zero attached hydrogens (tertiary/aromatic N) is 1. The predicted octanol–water partition coefficient (Wildman–Crippen LogP) is -0.484. The number of rotatable bonds is 6. The summed E-state index contributed by atoms with van der Waals surface area (Å²) in [5.41, 5.74) is 12.0. The minimum atomic E-state index is -3.55. The van der Waals surface area contributed by atoms with Crippen LogP contribution in [0.15, 0.2) is 24.3 Å². The molecule has 8 heteroatoms. The molecule has 1 aromatic carbocycles. The van der Waals surface area contributed by atoms with Crippen LogP contribution in [0.1, 0.15) is 12.5 Å². The van der Waals surface area contributed by atoms with Crippen LogP contribution in [-0.2, 0) is 26.0 Å². The molecule has 1 unspecified atom stereocenters. The van der Waals surface area contributed by atoms with Crippen LogP contribution >= 0.6 is 0 Å². The molecule has 0 aliphatic rings. The van der Waals surface area contributed by atoms with Crippen molar-refractivity contribution in [3.05, 3.63) is 29.8 Å². The molecule has 4 N–H and O–H groups in total. The largest absolute Gasteiger partial charge is 0.399 e. The molecule has 1 atom stereocenters. The molecule has 7 nitrogen and oxygen atoms in total. The predicted molar refractivity (Wildman–Crippen MR) is 79.8 cm³/mol. The van der Waals surface area contributed by atoms with Gasteiger partial charge in [-0.3, -0.25) is 9.59 Å². The Labute approximate surface area is 123 Å². The first-order valence-corrected chi connectivity index (χ1v) is 8.17. The van der Waals surface area contributed by atoms with Crippen LogP contribution in [0.2, 0.25) is 0 Å². The molecule has 1 aromatic rings. The molecule has 0 aliphatic carbocycles. The first kappa shape index (κ1) is 17.0. The molecule has 0 saturated carbocycles. The van der Waals surface area contributed by atoms with Gasteiger partial charge in [-0.15, -0.1) is 0 Å². The number of primary amides is 1. The van der Waals surface area contributed by atoms with Crippen molar-refractivity contribution in [3.8, 4) is 0 Å². The van der Waals surface area contributed by atoms with E-state index in [4.69, 9.17) is 11.5 Å². The van der Waals surface area contributed by atoms with E-state index in [0.29, 0.717) is 11.3 Å². The molecule has 0 saturated heterocycles. The molecule has 0 spiro atoms. The van der Waals surface area contributed by atoms with Crippen LogP contribution in [0.25, 0.3) is 0 Å². The molecular weight excluding hydrogens is 294 g/mol. The molecule has 0 radical (unpaired) electrons. The van der Waals surface area contributed by atoms with Gasteiger partial charge in [0.05, 0.1) is 6.54 Å². The fraction of sp³-hybridized carbons (Fsp3) is 0.385. The lowest BCUT2D eigenvalue weighted by molar-refractivity contribution is -0.135. The van der Waals surface area contributed by atoms with Crippen molar-refractivity contribution in [2.24, 2.45) is 5.73 Å². The minimum absolute atomic E-state index is 0.0622. The highest BCUT2D eigenvalue weighted by Gasteiger charge is 2.29. The van der Waals surface area contributed by atoms with Gasteiger partial charge in [0.2, 0.25) is 11.8 Å². The van der Waals surface area contributed by atoms with E-state index in [2.05, 4.69) is 0 Å². The molecule has 116 valence electrons. The Morgan fingerprint density at radius 2 is 1.95 bits per heavy atom. The Morgan fingerprint density at radius 1 is 1.33 bits per heavy atom. The number of benzene rings is 1. The van der Waals surface area contributed by atoms with E-state index in [1.54, 1.807) is 24.3 Å². The molecule has 2 amide bonds. The van der Waals surface area contributed by atoms with E-state index in [0.717, 1.165) is 11.2 Å². The van der Waals surface area contributed by atoms with E-state index in [9.17, 15) is 18.0 Å². The third-order valence-corrected chi connectivity index (χ3v) is 4.46. The molecule has 0 bridgehead atoms. The van der Waals surface area contributed by atoms with Gasteiger partial charge in [0, 0.05) is 18.5 Å². The van der Waals surface area contributed by atoms with Crippen molar-refractivity contribution in [3.63, 3.8) is 0 Å². The highest BCUT2D eigenvalue weighted by Crippen LogP contribution is 2.12. The van der Waals surface area contributed by atoms with Crippen LogP contribution in [0.5, 0.6) is 0 Å². The SMILES string of the molecule is CC(C(=O)N(CC(N)=O)Cc1cccc(N)c1)S(C)(=O)=O. The van der Waals surface area contributed by atoms with Crippen LogP contribution in [-0.4, -0.2) is 43.2 Å². The molecular formula is C13H19N3O4S. The summed E-state index contributed by atoms with van der Waals surface area (Å²) >= 11 is 0. The van der Waals surface area contributed by atoms with Crippen LogP contribution in [0.4, 0.5) is 5.69 Å². The number of amides is 2. The van der Waals surface area contributed by atoms with Gasteiger partial charge in [-0.25, -0.2) is 8.42 Å². The first-order chi connectivity index (χ1) is 9.61. The number of carbonyl (C=O) groups is 2. The maximum atomic E-state index is 12.2. The average Bonchev–Trinajstić information content (AvgIpc) is 2.34. The maximum absolute atomic E-state index is 12.2. The van der Waals surface area contributed by atoms with Crippen molar-refractivity contribution >= 4 is 27.3 Å². The summed E-state index contributed by atoms with van der Waals surface area (Å²) in [5.74, 6) is -1.38. The topological polar surface area (TPSA) is 124 Å². The lowest BCUT2D eigenvalue weighted by atomic mass is 10.2. The van der Waals surface area contributed by atoms with E-state index >= 15 is 0 Å². The number of hydrogen-bond donors (Lipinski definition) is 2. The summed E-state index contributed by atoms with van der Waals surface area (Å²) in [6.07, 6.45) is 0.971. The first-order valence-electron chi connectivity index (χ1n) is 6.21. The second-order valence-corrected chi connectivity index (χ2v) is 7.24. The van der Waals surface area contributed by atoms with Crippen molar-refractivity contribution in [1.82, 2.24) is 4.90 Å². The van der Waals surface area contributed by atoms with Gasteiger partial charge in [-0.2, -0.15) is 0 Å². The van der Waals surface area contributed by atoms with Crippen LogP contribution in [0.3, 0.4) is 0 Å². The summed E-state index contributed by atoms with van der Waals surface area (Å²) in [4.78, 5) is 24.4. The number of nitrogens with two attached hydrogens (primary N) is 2. The smallest absolute Gasteiger partial charge is 0.241 e. The molecule has 0 heterocycles. The van der Waals surface area contributed by atoms with Crippen molar-refractivity contribution in [2.75, 3.05) is 18.5 Å². The fourth-order valence-corrected chi connectivity index (χ4v) is 2.27. The quantitative estimate of drug-likeness (QED) is 0.686. The highest BCUT2D eigenvalue weighted by atomic mass is 32.2. The van der Waals surface area contributed by atoms with Crippen LogP contribution in [0, 0.1) is 0 Å². The molecule has 0 aromatic heterocycles. The number of sulfone groups is 1. The monoisotopic (exact) mass is 313 g/mol. The number of carbonyl (C=O) groups excluding carboxylic acids is 2. The van der Waals surface area contributed by atoms with Gasteiger partial charge in [-0.1, -0.05) is 12.1 Å². The molecule has 0 aliphatic heterocycles. The second kappa shape index (κ2) is 6.57. The lowest BCUT2D eigenvalue weighted by Gasteiger charge is -2.24. The zero-order valence-corrected chi connectivity index (χ0v) is 12.8. The van der Waals surface area contributed by atoms with E-state index in [1.165, 1.54) is 6.92 Å². The molecule has 0 fully saturated rings. The highest BCUT2D eigenvalue weighted by molar-refractivity contribution is 7.92. The Hall–Kier alpha value is -2.09. The fourth-order valence-electron chi connectivity index (χ4n) is 1.75. The number of anilines is 1. The Bertz CT molecular complexity index is 643. The van der Waals surface area contributed by atoms with Gasteiger partial charge in [0.25, 0.3) is 0 Å². The summed E-state index contributed by atoms with van der Waals surface area (Å²) in [7, 11) is -3.55. The van der Waals surface area contributed by atoms with Crippen LogP contribution < -0.4 is 11.5 Å². The minimum Gasteiger partial charge on any atom is -0.399 e. The Balaban J connectivity index is 3.00. The van der Waals surface area contributed by atoms with Gasteiger partial charge in [0.1, 0.15) is 5.25 Å². The van der Waals surface area contributed by atoms with E-state index in [1.807, 2.05) is 0 Å². The molecule has 21 heavy (non-hydrogen) atoms. The third-order valence-electron chi connectivity index (χ3n) is 2.97. The summed E-state index contributed by atoms with van der Waals surface area (Å²) in [6, 6.07) is 6.76. The zero-order valence-electron chi connectivity index (χ0n) is 11.9. The Kier molecular flexibility index (Phi) is 5.31. The maximum Gasteiger partial charge on any atom is 0.241 e. The van der Waals surface area contributed by atoms with Gasteiger partial charge in [0.15, 0.2) is 9.84 Å². The van der Waals surface area contributed by atoms with Crippen molar-refractivity contribution in [2.45, 2.75) is 18.7 Å². The van der Waals surface area contributed by atoms with Crippen molar-refractivity contribution in [1.29, 1.82) is 0 Å². The standard InChI is InChI=1S/C13H19N3O4S/c1-9(21(2,19)20)13(18)16(8-12(15)17)7-10-4-3-5-11(14)6-10/h3-6,9H,7-8,14H2,1-2H3,(H2,15,17). The van der Waals surface area contributed by atoms with Gasteiger partial charge >= 0.3 is 0 Å².